The Morgan fingerprint density at radius 3 is 2.30 bits per heavy atom. The maximum atomic E-state index is 12.3. The zero-order valence-electron chi connectivity index (χ0n) is 14.5. The first-order chi connectivity index (χ1) is 12.9. The first-order valence-corrected chi connectivity index (χ1v) is 8.96. The number of carbonyl (C=O) groups is 2. The first kappa shape index (κ1) is 18.7. The average molecular weight is 426 g/mol. The number of rotatable bonds is 5. The van der Waals surface area contributed by atoms with Gasteiger partial charge in [-0.3, -0.25) is 14.4 Å². The number of hydrogen-bond acceptors (Lipinski definition) is 4. The van der Waals surface area contributed by atoms with E-state index in [4.69, 9.17) is 0 Å². The lowest BCUT2D eigenvalue weighted by Crippen LogP contribution is -2.29. The molecular formula is C20H16BrN3O3. The van der Waals surface area contributed by atoms with Gasteiger partial charge in [0.15, 0.2) is 5.78 Å². The smallest absolute Gasteiger partial charge is 0.267 e. The van der Waals surface area contributed by atoms with Gasteiger partial charge in [-0.15, -0.1) is 0 Å². The lowest BCUT2D eigenvalue weighted by Gasteiger charge is -2.09. The van der Waals surface area contributed by atoms with Gasteiger partial charge in [-0.1, -0.05) is 28.1 Å². The molecule has 2 aromatic carbocycles. The van der Waals surface area contributed by atoms with E-state index in [0.29, 0.717) is 16.9 Å². The summed E-state index contributed by atoms with van der Waals surface area (Å²) in [6.07, 6.45) is 0. The summed E-state index contributed by atoms with van der Waals surface area (Å²) in [6.45, 7) is 1.27. The van der Waals surface area contributed by atoms with Crippen LogP contribution >= 0.6 is 15.9 Å². The average Bonchev–Trinajstić information content (AvgIpc) is 2.64. The van der Waals surface area contributed by atoms with E-state index < -0.39 is 0 Å². The Morgan fingerprint density at radius 1 is 1.00 bits per heavy atom. The minimum atomic E-state index is -0.381. The van der Waals surface area contributed by atoms with Gasteiger partial charge in [0.1, 0.15) is 6.54 Å². The molecule has 0 bridgehead atoms. The molecule has 0 unspecified atom stereocenters. The Kier molecular flexibility index (Phi) is 5.61. The molecule has 1 amide bonds. The summed E-state index contributed by atoms with van der Waals surface area (Å²) in [4.78, 5) is 35.6. The number of carbonyl (C=O) groups excluding carboxylic acids is 2. The molecule has 0 aliphatic rings. The van der Waals surface area contributed by atoms with Gasteiger partial charge in [-0.2, -0.15) is 5.10 Å². The van der Waals surface area contributed by atoms with Crippen LogP contribution in [-0.4, -0.2) is 21.5 Å². The summed E-state index contributed by atoms with van der Waals surface area (Å²) in [5.41, 5.74) is 2.18. The summed E-state index contributed by atoms with van der Waals surface area (Å²) in [5.74, 6) is -0.429. The summed E-state index contributed by atoms with van der Waals surface area (Å²) in [5, 5.41) is 6.97. The van der Waals surface area contributed by atoms with E-state index >= 15 is 0 Å². The summed E-state index contributed by atoms with van der Waals surface area (Å²) in [7, 11) is 0. The molecule has 0 radical (unpaired) electrons. The van der Waals surface area contributed by atoms with Crippen molar-refractivity contribution in [3.63, 3.8) is 0 Å². The summed E-state index contributed by atoms with van der Waals surface area (Å²) in [6, 6.07) is 17.1. The van der Waals surface area contributed by atoms with Gasteiger partial charge in [0.25, 0.3) is 5.56 Å². The SMILES string of the molecule is CC(=O)c1ccc(NC(=O)Cn2nc(-c3ccc(Br)cc3)ccc2=O)cc1. The highest BCUT2D eigenvalue weighted by atomic mass is 79.9. The van der Waals surface area contributed by atoms with Crippen molar-refractivity contribution in [1.29, 1.82) is 0 Å². The molecule has 6 nitrogen and oxygen atoms in total. The quantitative estimate of drug-likeness (QED) is 0.634. The van der Waals surface area contributed by atoms with Gasteiger partial charge in [0.05, 0.1) is 5.69 Å². The maximum Gasteiger partial charge on any atom is 0.267 e. The van der Waals surface area contributed by atoms with Crippen LogP contribution in [0.3, 0.4) is 0 Å². The van der Waals surface area contributed by atoms with Gasteiger partial charge in [-0.05, 0) is 49.4 Å². The Bertz CT molecular complexity index is 1040. The topological polar surface area (TPSA) is 81.1 Å². The monoisotopic (exact) mass is 425 g/mol. The van der Waals surface area contributed by atoms with Crippen molar-refractivity contribution < 1.29 is 9.59 Å². The standard InChI is InChI=1S/C20H16BrN3O3/c1-13(25)14-4-8-17(9-5-14)22-19(26)12-24-20(27)11-10-18(23-24)15-2-6-16(21)7-3-15/h2-11H,12H2,1H3,(H,22,26). The number of halogens is 1. The van der Waals surface area contributed by atoms with E-state index in [1.54, 1.807) is 30.3 Å². The fourth-order valence-electron chi connectivity index (χ4n) is 2.46. The van der Waals surface area contributed by atoms with Crippen LogP contribution in [0.1, 0.15) is 17.3 Å². The predicted molar refractivity (Wildman–Crippen MR) is 107 cm³/mol. The van der Waals surface area contributed by atoms with Crippen molar-refractivity contribution >= 4 is 33.3 Å². The van der Waals surface area contributed by atoms with Crippen LogP contribution in [0.15, 0.2) is 69.9 Å². The van der Waals surface area contributed by atoms with E-state index in [-0.39, 0.29) is 23.8 Å². The van der Waals surface area contributed by atoms with Crippen LogP contribution in [0, 0.1) is 0 Å². The minimum Gasteiger partial charge on any atom is -0.324 e. The molecule has 136 valence electrons. The number of Topliss-reactive ketones (excluding diaryl/α,β-unsaturated/α-hetero) is 1. The van der Waals surface area contributed by atoms with Crippen LogP contribution < -0.4 is 10.9 Å². The van der Waals surface area contributed by atoms with E-state index in [9.17, 15) is 14.4 Å². The number of nitrogens with one attached hydrogen (secondary N) is 1. The van der Waals surface area contributed by atoms with E-state index in [1.807, 2.05) is 24.3 Å². The van der Waals surface area contributed by atoms with E-state index in [1.165, 1.54) is 13.0 Å². The summed E-state index contributed by atoms with van der Waals surface area (Å²) < 4.78 is 2.06. The van der Waals surface area contributed by atoms with Gasteiger partial charge in [0, 0.05) is 27.4 Å². The Hall–Kier alpha value is -3.06. The van der Waals surface area contributed by atoms with Gasteiger partial charge in [0.2, 0.25) is 5.91 Å². The Morgan fingerprint density at radius 2 is 1.67 bits per heavy atom. The third kappa shape index (κ3) is 4.77. The summed E-state index contributed by atoms with van der Waals surface area (Å²) >= 11 is 3.37. The molecule has 3 aromatic rings. The molecule has 7 heteroatoms. The minimum absolute atomic E-state index is 0.0478. The second kappa shape index (κ2) is 8.09. The van der Waals surface area contributed by atoms with Gasteiger partial charge >= 0.3 is 0 Å². The third-order valence-corrected chi connectivity index (χ3v) is 4.40. The number of hydrogen-bond donors (Lipinski definition) is 1. The van der Waals surface area contributed by atoms with Crippen LogP contribution in [0.4, 0.5) is 5.69 Å². The van der Waals surface area contributed by atoms with E-state index in [0.717, 1.165) is 14.7 Å². The van der Waals surface area contributed by atoms with Crippen molar-refractivity contribution in [2.24, 2.45) is 0 Å². The predicted octanol–water partition coefficient (Wildman–Crippen LogP) is 3.51. The number of anilines is 1. The van der Waals surface area contributed by atoms with Crippen molar-refractivity contribution in [3.05, 3.63) is 81.1 Å². The molecule has 27 heavy (non-hydrogen) atoms. The van der Waals surface area contributed by atoms with Crippen LogP contribution in [0.2, 0.25) is 0 Å². The molecular weight excluding hydrogens is 410 g/mol. The molecule has 0 saturated carbocycles. The molecule has 1 heterocycles. The Balaban J connectivity index is 1.75. The lowest BCUT2D eigenvalue weighted by molar-refractivity contribution is -0.117. The fraction of sp³-hybridized carbons (Fsp3) is 0.100. The molecule has 1 N–H and O–H groups in total. The maximum absolute atomic E-state index is 12.3. The number of benzene rings is 2. The van der Waals surface area contributed by atoms with Crippen molar-refractivity contribution in [2.75, 3.05) is 5.32 Å². The first-order valence-electron chi connectivity index (χ1n) is 8.17. The fourth-order valence-corrected chi connectivity index (χ4v) is 2.73. The lowest BCUT2D eigenvalue weighted by atomic mass is 10.1. The molecule has 0 saturated heterocycles. The molecule has 0 aliphatic carbocycles. The van der Waals surface area contributed by atoms with Crippen molar-refractivity contribution in [3.8, 4) is 11.3 Å². The van der Waals surface area contributed by atoms with Crippen LogP contribution in [0.5, 0.6) is 0 Å². The van der Waals surface area contributed by atoms with Gasteiger partial charge in [-0.25, -0.2) is 4.68 Å². The second-order valence-corrected chi connectivity index (χ2v) is 6.82. The van der Waals surface area contributed by atoms with Crippen LogP contribution in [-0.2, 0) is 11.3 Å². The normalized spacial score (nSPS) is 10.4. The highest BCUT2D eigenvalue weighted by Gasteiger charge is 2.09. The molecule has 0 atom stereocenters. The number of amides is 1. The van der Waals surface area contributed by atoms with Crippen LogP contribution in [0.25, 0.3) is 11.3 Å². The zero-order valence-corrected chi connectivity index (χ0v) is 16.1. The van der Waals surface area contributed by atoms with Gasteiger partial charge < -0.3 is 5.32 Å². The number of aromatic nitrogens is 2. The molecule has 0 fully saturated rings. The molecule has 0 spiro atoms. The zero-order chi connectivity index (χ0) is 19.4. The molecule has 3 rings (SSSR count). The third-order valence-electron chi connectivity index (χ3n) is 3.88. The van der Waals surface area contributed by atoms with Crippen molar-refractivity contribution in [1.82, 2.24) is 9.78 Å². The Labute approximate surface area is 164 Å². The number of nitrogens with zero attached hydrogens (tertiary/aromatic N) is 2. The number of ketones is 1. The highest BCUT2D eigenvalue weighted by molar-refractivity contribution is 9.10. The molecule has 0 aliphatic heterocycles. The van der Waals surface area contributed by atoms with E-state index in [2.05, 4.69) is 26.3 Å². The highest BCUT2D eigenvalue weighted by Crippen LogP contribution is 2.18. The largest absolute Gasteiger partial charge is 0.324 e. The van der Waals surface area contributed by atoms with Crippen molar-refractivity contribution in [2.45, 2.75) is 13.5 Å². The molecule has 1 aromatic heterocycles. The second-order valence-electron chi connectivity index (χ2n) is 5.90.